The highest BCUT2D eigenvalue weighted by molar-refractivity contribution is 7.91. The summed E-state index contributed by atoms with van der Waals surface area (Å²) in [6.45, 7) is 1.91. The summed E-state index contributed by atoms with van der Waals surface area (Å²) in [6.07, 6.45) is 5.46. The first kappa shape index (κ1) is 23.9. The van der Waals surface area contributed by atoms with Gasteiger partial charge in [-0.3, -0.25) is 9.36 Å². The third-order valence-electron chi connectivity index (χ3n) is 6.05. The third kappa shape index (κ3) is 4.42. The largest absolute Gasteiger partial charge is 0.497 e. The molecule has 2 aromatic heterocycles. The average Bonchev–Trinajstić information content (AvgIpc) is 3.29. The number of benzene rings is 2. The zero-order valence-electron chi connectivity index (χ0n) is 19.6. The Morgan fingerprint density at radius 2 is 1.81 bits per heavy atom. The SMILES string of the molecule is COc1ccc(F)c(-c2cnc(-n3cc(S(C)(=O)=O)c4ccc(C(=O)N5CCOCC5)cc43)nc2)c1. The number of hydrogen-bond donors (Lipinski definition) is 0. The van der Waals surface area contributed by atoms with Gasteiger partial charge in [-0.2, -0.15) is 0 Å². The van der Waals surface area contributed by atoms with E-state index in [1.165, 1.54) is 42.4 Å². The van der Waals surface area contributed by atoms with Gasteiger partial charge < -0.3 is 14.4 Å². The van der Waals surface area contributed by atoms with Gasteiger partial charge in [-0.25, -0.2) is 22.8 Å². The first-order chi connectivity index (χ1) is 17.3. The summed E-state index contributed by atoms with van der Waals surface area (Å²) in [6, 6.07) is 9.24. The molecule has 1 aliphatic rings. The number of halogens is 1. The molecular formula is C25H23FN4O5S. The van der Waals surface area contributed by atoms with Crippen LogP contribution in [0.25, 0.3) is 28.0 Å². The number of sulfone groups is 1. The molecule has 4 aromatic rings. The number of hydrogen-bond acceptors (Lipinski definition) is 7. The standard InChI is InChI=1S/C25H23FN4O5S/c1-34-18-4-6-21(26)20(12-18)17-13-27-25(28-14-17)30-15-23(36(2,32)33)19-5-3-16(11-22(19)30)24(31)29-7-9-35-10-8-29/h3-6,11-15H,7-10H2,1-2H3. The summed E-state index contributed by atoms with van der Waals surface area (Å²) in [7, 11) is -2.10. The van der Waals surface area contributed by atoms with Crippen molar-refractivity contribution in [1.82, 2.24) is 19.4 Å². The van der Waals surface area contributed by atoms with Crippen LogP contribution in [-0.2, 0) is 14.6 Å². The zero-order valence-corrected chi connectivity index (χ0v) is 20.5. The lowest BCUT2D eigenvalue weighted by Gasteiger charge is -2.26. The normalized spacial score (nSPS) is 14.2. The van der Waals surface area contributed by atoms with E-state index in [1.807, 2.05) is 0 Å². The summed E-state index contributed by atoms with van der Waals surface area (Å²) in [5.74, 6) is 0.0443. The second kappa shape index (κ2) is 9.32. The van der Waals surface area contributed by atoms with Gasteiger partial charge in [0.1, 0.15) is 11.6 Å². The minimum atomic E-state index is -3.59. The maximum absolute atomic E-state index is 14.4. The Kier molecular flexibility index (Phi) is 6.19. The van der Waals surface area contributed by atoms with E-state index in [4.69, 9.17) is 9.47 Å². The lowest BCUT2D eigenvalue weighted by molar-refractivity contribution is 0.0303. The number of methoxy groups -OCH3 is 1. The maximum Gasteiger partial charge on any atom is 0.254 e. The van der Waals surface area contributed by atoms with Crippen LogP contribution < -0.4 is 4.74 Å². The number of ether oxygens (including phenoxy) is 2. The lowest BCUT2D eigenvalue weighted by Crippen LogP contribution is -2.40. The number of aromatic nitrogens is 3. The van der Waals surface area contributed by atoms with Crippen molar-refractivity contribution in [3.8, 4) is 22.8 Å². The fraction of sp³-hybridized carbons (Fsp3) is 0.240. The van der Waals surface area contributed by atoms with Crippen molar-refractivity contribution in [2.45, 2.75) is 4.90 Å². The van der Waals surface area contributed by atoms with Crippen LogP contribution in [0.5, 0.6) is 5.75 Å². The fourth-order valence-electron chi connectivity index (χ4n) is 4.18. The van der Waals surface area contributed by atoms with Gasteiger partial charge in [-0.1, -0.05) is 6.07 Å². The summed E-state index contributed by atoms with van der Waals surface area (Å²) < 4.78 is 51.4. The summed E-state index contributed by atoms with van der Waals surface area (Å²) in [4.78, 5) is 23.6. The van der Waals surface area contributed by atoms with Crippen molar-refractivity contribution < 1.29 is 27.1 Å². The minimum absolute atomic E-state index is 0.0920. The van der Waals surface area contributed by atoms with E-state index in [0.717, 1.165) is 6.26 Å². The van der Waals surface area contributed by atoms with Gasteiger partial charge in [0, 0.05) is 60.0 Å². The number of amides is 1. The molecule has 0 bridgehead atoms. The molecule has 1 amide bonds. The van der Waals surface area contributed by atoms with Crippen molar-refractivity contribution in [3.05, 3.63) is 66.4 Å². The topological polar surface area (TPSA) is 104 Å². The second-order valence-corrected chi connectivity index (χ2v) is 10.4. The Labute approximate surface area is 207 Å². The van der Waals surface area contributed by atoms with Gasteiger partial charge in [0.05, 0.1) is 30.7 Å². The molecule has 0 atom stereocenters. The minimum Gasteiger partial charge on any atom is -0.497 e. The Morgan fingerprint density at radius 1 is 1.08 bits per heavy atom. The van der Waals surface area contributed by atoms with Crippen molar-refractivity contribution in [2.75, 3.05) is 39.7 Å². The predicted octanol–water partition coefficient (Wildman–Crippen LogP) is 3.11. The number of fused-ring (bicyclic) bond motifs is 1. The average molecular weight is 511 g/mol. The van der Waals surface area contributed by atoms with Gasteiger partial charge in [0.25, 0.3) is 5.91 Å². The quantitative estimate of drug-likeness (QED) is 0.406. The molecule has 186 valence electrons. The molecule has 1 aliphatic heterocycles. The summed E-state index contributed by atoms with van der Waals surface area (Å²) in [5, 5.41) is 0.447. The first-order valence-electron chi connectivity index (χ1n) is 11.1. The summed E-state index contributed by atoms with van der Waals surface area (Å²) >= 11 is 0. The molecular weight excluding hydrogens is 487 g/mol. The number of rotatable bonds is 5. The van der Waals surface area contributed by atoms with Crippen LogP contribution >= 0.6 is 0 Å². The van der Waals surface area contributed by atoms with E-state index in [9.17, 15) is 17.6 Å². The smallest absolute Gasteiger partial charge is 0.254 e. The fourth-order valence-corrected chi connectivity index (χ4v) is 5.04. The van der Waals surface area contributed by atoms with E-state index in [-0.39, 0.29) is 22.3 Å². The van der Waals surface area contributed by atoms with Crippen LogP contribution in [0, 0.1) is 5.82 Å². The van der Waals surface area contributed by atoms with Crippen molar-refractivity contribution in [2.24, 2.45) is 0 Å². The van der Waals surface area contributed by atoms with Crippen molar-refractivity contribution in [3.63, 3.8) is 0 Å². The van der Waals surface area contributed by atoms with E-state index in [0.29, 0.717) is 54.1 Å². The van der Waals surface area contributed by atoms with Gasteiger partial charge in [-0.15, -0.1) is 0 Å². The maximum atomic E-state index is 14.4. The number of carbonyl (C=O) groups is 1. The van der Waals surface area contributed by atoms with Crippen LogP contribution in [0.15, 0.2) is 59.9 Å². The molecule has 0 radical (unpaired) electrons. The molecule has 1 fully saturated rings. The monoisotopic (exact) mass is 510 g/mol. The summed E-state index contributed by atoms with van der Waals surface area (Å²) in [5.41, 5.74) is 1.58. The first-order valence-corrected chi connectivity index (χ1v) is 13.0. The van der Waals surface area contributed by atoms with Crippen LogP contribution in [0.4, 0.5) is 4.39 Å². The van der Waals surface area contributed by atoms with Crippen LogP contribution in [0.2, 0.25) is 0 Å². The predicted molar refractivity (Wildman–Crippen MR) is 131 cm³/mol. The van der Waals surface area contributed by atoms with Crippen molar-refractivity contribution >= 4 is 26.6 Å². The van der Waals surface area contributed by atoms with Gasteiger partial charge in [0.2, 0.25) is 5.95 Å². The van der Waals surface area contributed by atoms with Crippen molar-refractivity contribution in [1.29, 1.82) is 0 Å². The number of nitrogens with zero attached hydrogens (tertiary/aromatic N) is 4. The molecule has 0 saturated carbocycles. The Morgan fingerprint density at radius 3 is 2.47 bits per heavy atom. The molecule has 0 unspecified atom stereocenters. The van der Waals surface area contributed by atoms with E-state index in [1.54, 1.807) is 29.2 Å². The van der Waals surface area contributed by atoms with Gasteiger partial charge in [-0.05, 0) is 30.3 Å². The number of carbonyl (C=O) groups excluding carboxylic acids is 1. The highest BCUT2D eigenvalue weighted by atomic mass is 32.2. The molecule has 9 nitrogen and oxygen atoms in total. The molecule has 0 aliphatic carbocycles. The van der Waals surface area contributed by atoms with Crippen LogP contribution in [0.3, 0.4) is 0 Å². The second-order valence-electron chi connectivity index (χ2n) is 8.39. The third-order valence-corrected chi connectivity index (χ3v) is 7.18. The molecule has 0 N–H and O–H groups in total. The lowest BCUT2D eigenvalue weighted by atomic mass is 10.1. The number of morpholine rings is 1. The zero-order chi connectivity index (χ0) is 25.4. The molecule has 5 rings (SSSR count). The molecule has 1 saturated heterocycles. The van der Waals surface area contributed by atoms with E-state index < -0.39 is 15.7 Å². The molecule has 3 heterocycles. The highest BCUT2D eigenvalue weighted by Crippen LogP contribution is 2.30. The highest BCUT2D eigenvalue weighted by Gasteiger charge is 2.23. The van der Waals surface area contributed by atoms with Gasteiger partial charge in [0.15, 0.2) is 9.84 Å². The molecule has 36 heavy (non-hydrogen) atoms. The van der Waals surface area contributed by atoms with Crippen LogP contribution in [0.1, 0.15) is 10.4 Å². The van der Waals surface area contributed by atoms with Gasteiger partial charge >= 0.3 is 0 Å². The molecule has 0 spiro atoms. The molecule has 11 heteroatoms. The Balaban J connectivity index is 1.59. The Bertz CT molecular complexity index is 1560. The van der Waals surface area contributed by atoms with Crippen LogP contribution in [-0.4, -0.2) is 73.4 Å². The van der Waals surface area contributed by atoms with E-state index >= 15 is 0 Å². The van der Waals surface area contributed by atoms with E-state index in [2.05, 4.69) is 9.97 Å². The molecule has 2 aromatic carbocycles. The Hall–Kier alpha value is -3.83.